The second-order valence-electron chi connectivity index (χ2n) is 4.53. The van der Waals surface area contributed by atoms with Crippen LogP contribution in [0.25, 0.3) is 0 Å². The molecule has 1 amide bonds. The Morgan fingerprint density at radius 2 is 1.89 bits per heavy atom. The van der Waals surface area contributed by atoms with Gasteiger partial charge in [0.25, 0.3) is 5.71 Å². The summed E-state index contributed by atoms with van der Waals surface area (Å²) in [6.45, 7) is 3.93. The summed E-state index contributed by atoms with van der Waals surface area (Å²) in [5.41, 5.74) is 1.83. The highest BCUT2D eigenvalue weighted by Crippen LogP contribution is 2.28. The second-order valence-corrected chi connectivity index (χ2v) is 4.53. The first-order valence-electron chi connectivity index (χ1n) is 6.32. The average Bonchev–Trinajstić information content (AvgIpc) is 2.64. The van der Waals surface area contributed by atoms with E-state index in [1.165, 1.54) is 4.90 Å². The number of amides is 1. The summed E-state index contributed by atoms with van der Waals surface area (Å²) in [6.07, 6.45) is 1.48. The molecular formula is C14H18N2O2. The number of carbonyl (C=O) groups is 1. The van der Waals surface area contributed by atoms with E-state index in [9.17, 15) is 10.0 Å². The largest absolute Gasteiger partial charge is 0.623 e. The van der Waals surface area contributed by atoms with Crippen LogP contribution in [0, 0.1) is 5.21 Å². The highest BCUT2D eigenvalue weighted by Gasteiger charge is 2.38. The SMILES string of the molecule is CCC(CC)/[N+]([O-])=C1\C(=O)N(C)c2ccccc21. The Morgan fingerprint density at radius 1 is 1.28 bits per heavy atom. The summed E-state index contributed by atoms with van der Waals surface area (Å²) >= 11 is 0. The van der Waals surface area contributed by atoms with E-state index in [-0.39, 0.29) is 17.7 Å². The van der Waals surface area contributed by atoms with Gasteiger partial charge in [0.2, 0.25) is 0 Å². The molecule has 0 saturated heterocycles. The molecule has 0 saturated carbocycles. The molecule has 1 aliphatic rings. The first kappa shape index (κ1) is 12.6. The summed E-state index contributed by atoms with van der Waals surface area (Å²) < 4.78 is 0.894. The van der Waals surface area contributed by atoms with Crippen LogP contribution < -0.4 is 4.90 Å². The van der Waals surface area contributed by atoms with Gasteiger partial charge in [-0.05, 0) is 12.1 Å². The molecule has 1 aromatic carbocycles. The zero-order valence-electron chi connectivity index (χ0n) is 11.0. The number of para-hydroxylation sites is 1. The van der Waals surface area contributed by atoms with Crippen molar-refractivity contribution in [1.29, 1.82) is 0 Å². The van der Waals surface area contributed by atoms with Gasteiger partial charge in [-0.15, -0.1) is 0 Å². The number of hydroxylamine groups is 1. The van der Waals surface area contributed by atoms with Crippen LogP contribution in [0.3, 0.4) is 0 Å². The topological polar surface area (TPSA) is 46.4 Å². The average molecular weight is 246 g/mol. The maximum Gasteiger partial charge on any atom is 0.324 e. The molecule has 0 radical (unpaired) electrons. The molecule has 4 heteroatoms. The Kier molecular flexibility index (Phi) is 3.36. The maximum atomic E-state index is 12.4. The summed E-state index contributed by atoms with van der Waals surface area (Å²) in [5.74, 6) is -0.210. The fourth-order valence-electron chi connectivity index (χ4n) is 2.37. The minimum absolute atomic E-state index is 0.136. The van der Waals surface area contributed by atoms with Gasteiger partial charge in [-0.1, -0.05) is 26.0 Å². The van der Waals surface area contributed by atoms with E-state index in [4.69, 9.17) is 0 Å². The number of carbonyl (C=O) groups excluding carboxylic acids is 1. The number of anilines is 1. The highest BCUT2D eigenvalue weighted by atomic mass is 16.5. The molecule has 0 bridgehead atoms. The lowest BCUT2D eigenvalue weighted by molar-refractivity contribution is -0.500. The van der Waals surface area contributed by atoms with E-state index in [2.05, 4.69) is 0 Å². The molecule has 0 N–H and O–H groups in total. The van der Waals surface area contributed by atoms with Gasteiger partial charge >= 0.3 is 5.91 Å². The van der Waals surface area contributed by atoms with Gasteiger partial charge < -0.3 is 10.1 Å². The summed E-state index contributed by atoms with van der Waals surface area (Å²) in [5, 5.41) is 12.4. The third-order valence-electron chi connectivity index (χ3n) is 3.52. The van der Waals surface area contributed by atoms with Crippen molar-refractivity contribution in [1.82, 2.24) is 0 Å². The van der Waals surface area contributed by atoms with Crippen LogP contribution in [0.5, 0.6) is 0 Å². The van der Waals surface area contributed by atoms with Crippen molar-refractivity contribution < 1.29 is 9.53 Å². The molecule has 0 spiro atoms. The number of fused-ring (bicyclic) bond motifs is 1. The van der Waals surface area contributed by atoms with Crippen LogP contribution >= 0.6 is 0 Å². The van der Waals surface area contributed by atoms with Gasteiger partial charge in [0.15, 0.2) is 6.04 Å². The van der Waals surface area contributed by atoms with Gasteiger partial charge in [0, 0.05) is 19.9 Å². The van der Waals surface area contributed by atoms with Crippen molar-refractivity contribution in [2.75, 3.05) is 11.9 Å². The molecule has 1 aromatic rings. The lowest BCUT2D eigenvalue weighted by Crippen LogP contribution is -2.34. The predicted octanol–water partition coefficient (Wildman–Crippen LogP) is 2.15. The summed E-state index contributed by atoms with van der Waals surface area (Å²) in [4.78, 5) is 13.7. The maximum absolute atomic E-state index is 12.4. The number of likely N-dealkylation sites (N-methyl/N-ethyl adjacent to an activating group) is 1. The number of benzene rings is 1. The van der Waals surface area contributed by atoms with Crippen LogP contribution in [0.15, 0.2) is 24.3 Å². The third kappa shape index (κ3) is 1.78. The van der Waals surface area contributed by atoms with E-state index in [0.29, 0.717) is 0 Å². The Morgan fingerprint density at radius 3 is 2.50 bits per heavy atom. The molecular weight excluding hydrogens is 228 g/mol. The Balaban J connectivity index is 2.58. The van der Waals surface area contributed by atoms with Crippen LogP contribution in [0.1, 0.15) is 32.3 Å². The van der Waals surface area contributed by atoms with Gasteiger partial charge in [-0.2, -0.15) is 4.74 Å². The fourth-order valence-corrected chi connectivity index (χ4v) is 2.37. The lowest BCUT2D eigenvalue weighted by Gasteiger charge is -2.15. The van der Waals surface area contributed by atoms with E-state index in [0.717, 1.165) is 28.8 Å². The summed E-state index contributed by atoms with van der Waals surface area (Å²) in [6, 6.07) is 7.29. The zero-order valence-corrected chi connectivity index (χ0v) is 11.0. The Bertz CT molecular complexity index is 504. The highest BCUT2D eigenvalue weighted by molar-refractivity contribution is 6.52. The lowest BCUT2D eigenvalue weighted by atomic mass is 10.1. The molecule has 0 fully saturated rings. The standard InChI is InChI=1S/C14H18N2O2/c1-4-10(5-2)16(18)13-11-8-6-7-9-12(11)15(3)14(13)17/h6-10H,4-5H2,1-3H3/b16-13+. The molecule has 0 unspecified atom stereocenters. The van der Waals surface area contributed by atoms with Crippen LogP contribution in [-0.4, -0.2) is 29.4 Å². The van der Waals surface area contributed by atoms with E-state index in [1.54, 1.807) is 7.05 Å². The number of hydrogen-bond donors (Lipinski definition) is 0. The number of rotatable bonds is 3. The van der Waals surface area contributed by atoms with Crippen molar-refractivity contribution in [3.63, 3.8) is 0 Å². The van der Waals surface area contributed by atoms with Gasteiger partial charge in [-0.3, -0.25) is 4.79 Å². The molecule has 4 nitrogen and oxygen atoms in total. The van der Waals surface area contributed by atoms with Crippen molar-refractivity contribution in [2.45, 2.75) is 32.7 Å². The minimum Gasteiger partial charge on any atom is -0.623 e. The predicted molar refractivity (Wildman–Crippen MR) is 72.0 cm³/mol. The molecule has 0 aliphatic carbocycles. The van der Waals surface area contributed by atoms with Crippen molar-refractivity contribution in [3.8, 4) is 0 Å². The monoisotopic (exact) mass is 246 g/mol. The van der Waals surface area contributed by atoms with E-state index >= 15 is 0 Å². The molecule has 1 heterocycles. The molecule has 0 aromatic heterocycles. The molecule has 2 rings (SSSR count). The molecule has 96 valence electrons. The molecule has 0 atom stereocenters. The van der Waals surface area contributed by atoms with Crippen LogP contribution in [-0.2, 0) is 4.79 Å². The van der Waals surface area contributed by atoms with Crippen LogP contribution in [0.2, 0.25) is 0 Å². The zero-order chi connectivity index (χ0) is 13.3. The normalized spacial score (nSPS) is 17.3. The van der Waals surface area contributed by atoms with Gasteiger partial charge in [0.05, 0.1) is 11.3 Å². The third-order valence-corrected chi connectivity index (χ3v) is 3.52. The molecule has 1 aliphatic heterocycles. The van der Waals surface area contributed by atoms with Gasteiger partial charge in [-0.25, -0.2) is 0 Å². The Hall–Kier alpha value is -1.84. The minimum atomic E-state index is -0.210. The van der Waals surface area contributed by atoms with Crippen LogP contribution in [0.4, 0.5) is 5.69 Å². The number of nitrogens with zero attached hydrogens (tertiary/aromatic N) is 2. The van der Waals surface area contributed by atoms with E-state index in [1.807, 2.05) is 38.1 Å². The first-order valence-corrected chi connectivity index (χ1v) is 6.32. The number of hydrogen-bond acceptors (Lipinski definition) is 2. The quantitative estimate of drug-likeness (QED) is 0.466. The second kappa shape index (κ2) is 4.80. The summed E-state index contributed by atoms with van der Waals surface area (Å²) in [7, 11) is 1.70. The molecule has 18 heavy (non-hydrogen) atoms. The van der Waals surface area contributed by atoms with Crippen molar-refractivity contribution >= 4 is 17.3 Å². The first-order chi connectivity index (χ1) is 8.61. The fraction of sp³-hybridized carbons (Fsp3) is 0.429. The smallest absolute Gasteiger partial charge is 0.324 e. The van der Waals surface area contributed by atoms with Crippen molar-refractivity contribution in [2.24, 2.45) is 0 Å². The van der Waals surface area contributed by atoms with Gasteiger partial charge in [0.1, 0.15) is 0 Å². The van der Waals surface area contributed by atoms with E-state index < -0.39 is 0 Å². The Labute approximate surface area is 107 Å². The van der Waals surface area contributed by atoms with Crippen molar-refractivity contribution in [3.05, 3.63) is 35.0 Å².